The van der Waals surface area contributed by atoms with Crippen LogP contribution in [0.1, 0.15) is 34.2 Å². The average molecular weight is 234 g/mol. The molecular weight excluding hydrogens is 224 g/mol. The molecule has 0 bridgehead atoms. The Kier molecular flexibility index (Phi) is 2.63. The molecule has 0 saturated heterocycles. The van der Waals surface area contributed by atoms with Gasteiger partial charge < -0.3 is 5.11 Å². The first-order valence-corrected chi connectivity index (χ1v) is 5.13. The molecule has 0 radical (unpaired) electrons. The number of fused-ring (bicyclic) bond motifs is 1. The summed E-state index contributed by atoms with van der Waals surface area (Å²) in [5, 5.41) is 8.98. The molecule has 0 spiro atoms. The van der Waals surface area contributed by atoms with Gasteiger partial charge in [-0.15, -0.1) is 0 Å². The number of carbonyl (C=O) groups excluding carboxylic acids is 2. The number of amides is 2. The van der Waals surface area contributed by atoms with Crippen LogP contribution in [0.15, 0.2) is 18.3 Å². The third kappa shape index (κ3) is 1.57. The Morgan fingerprint density at radius 3 is 2.71 bits per heavy atom. The summed E-state index contributed by atoms with van der Waals surface area (Å²) >= 11 is 0. The molecule has 6 heteroatoms. The molecule has 1 N–H and O–H groups in total. The molecule has 6 nitrogen and oxygen atoms in total. The Labute approximate surface area is 96.9 Å². The second-order valence-corrected chi connectivity index (χ2v) is 3.64. The number of carboxylic acid groups (broad SMARTS) is 1. The van der Waals surface area contributed by atoms with Gasteiger partial charge in [-0.05, 0) is 18.6 Å². The van der Waals surface area contributed by atoms with E-state index in [1.807, 2.05) is 0 Å². The molecule has 1 aliphatic heterocycles. The van der Waals surface area contributed by atoms with E-state index in [1.165, 1.54) is 18.3 Å². The second-order valence-electron chi connectivity index (χ2n) is 3.64. The van der Waals surface area contributed by atoms with E-state index in [-0.39, 0.29) is 17.7 Å². The molecule has 2 amide bonds. The van der Waals surface area contributed by atoms with Gasteiger partial charge in [0.15, 0.2) is 0 Å². The van der Waals surface area contributed by atoms with Crippen LogP contribution in [0.5, 0.6) is 0 Å². The minimum absolute atomic E-state index is 0.0252. The zero-order chi connectivity index (χ0) is 12.6. The fraction of sp³-hybridized carbons (Fsp3) is 0.273. The van der Waals surface area contributed by atoms with E-state index in [9.17, 15) is 14.4 Å². The summed E-state index contributed by atoms with van der Waals surface area (Å²) in [7, 11) is 0. The Hall–Kier alpha value is -2.24. The maximum absolute atomic E-state index is 11.9. The average Bonchev–Trinajstić information content (AvgIpc) is 2.56. The Morgan fingerprint density at radius 1 is 1.47 bits per heavy atom. The maximum Gasteiger partial charge on any atom is 0.326 e. The van der Waals surface area contributed by atoms with Gasteiger partial charge in [-0.1, -0.05) is 6.92 Å². The lowest BCUT2D eigenvalue weighted by Crippen LogP contribution is -2.44. The van der Waals surface area contributed by atoms with Crippen LogP contribution in [0.3, 0.4) is 0 Å². The standard InChI is InChI=1S/C11H10N2O4/c1-2-7(11(16)17)13-9(14)6-4-3-5-12-8(6)10(13)15/h3-5,7H,2H2,1H3,(H,16,17). The van der Waals surface area contributed by atoms with Gasteiger partial charge >= 0.3 is 5.97 Å². The number of pyridine rings is 1. The number of aliphatic carboxylic acids is 1. The Bertz CT molecular complexity index is 477. The van der Waals surface area contributed by atoms with Crippen molar-refractivity contribution in [1.82, 2.24) is 9.88 Å². The number of aromatic nitrogens is 1. The van der Waals surface area contributed by atoms with E-state index >= 15 is 0 Å². The molecule has 17 heavy (non-hydrogen) atoms. The first-order chi connectivity index (χ1) is 8.07. The van der Waals surface area contributed by atoms with Crippen LogP contribution in [0.4, 0.5) is 0 Å². The fourth-order valence-corrected chi connectivity index (χ4v) is 1.84. The topological polar surface area (TPSA) is 87.6 Å². The van der Waals surface area contributed by atoms with Crippen molar-refractivity contribution in [3.8, 4) is 0 Å². The van der Waals surface area contributed by atoms with E-state index in [2.05, 4.69) is 4.98 Å². The summed E-state index contributed by atoms with van der Waals surface area (Å²) in [6, 6.07) is 1.87. The van der Waals surface area contributed by atoms with E-state index in [0.29, 0.717) is 0 Å². The monoisotopic (exact) mass is 234 g/mol. The number of hydrogen-bond donors (Lipinski definition) is 1. The molecule has 88 valence electrons. The van der Waals surface area contributed by atoms with E-state index < -0.39 is 23.8 Å². The molecule has 1 atom stereocenters. The summed E-state index contributed by atoms with van der Waals surface area (Å²) in [6.07, 6.45) is 1.57. The van der Waals surface area contributed by atoms with Crippen molar-refractivity contribution >= 4 is 17.8 Å². The van der Waals surface area contributed by atoms with Crippen LogP contribution in [-0.2, 0) is 4.79 Å². The summed E-state index contributed by atoms with van der Waals surface area (Å²) in [5.41, 5.74) is 0.189. The summed E-state index contributed by atoms with van der Waals surface area (Å²) < 4.78 is 0. The largest absolute Gasteiger partial charge is 0.480 e. The van der Waals surface area contributed by atoms with Crippen LogP contribution < -0.4 is 0 Å². The van der Waals surface area contributed by atoms with Crippen molar-refractivity contribution in [2.75, 3.05) is 0 Å². The van der Waals surface area contributed by atoms with Gasteiger partial charge in [0, 0.05) is 6.20 Å². The third-order valence-electron chi connectivity index (χ3n) is 2.66. The minimum Gasteiger partial charge on any atom is -0.480 e. The second kappa shape index (κ2) is 3.97. The number of carboxylic acids is 1. The van der Waals surface area contributed by atoms with Crippen molar-refractivity contribution in [2.45, 2.75) is 19.4 Å². The van der Waals surface area contributed by atoms with Gasteiger partial charge in [-0.25, -0.2) is 4.79 Å². The van der Waals surface area contributed by atoms with Crippen LogP contribution in [0, 0.1) is 0 Å². The van der Waals surface area contributed by atoms with Gasteiger partial charge in [0.1, 0.15) is 11.7 Å². The molecule has 1 aromatic heterocycles. The maximum atomic E-state index is 11.9. The summed E-state index contributed by atoms with van der Waals surface area (Å²) in [6.45, 7) is 1.61. The molecule has 2 rings (SSSR count). The van der Waals surface area contributed by atoms with E-state index in [4.69, 9.17) is 5.11 Å². The summed E-state index contributed by atoms with van der Waals surface area (Å²) in [5.74, 6) is -2.42. The van der Waals surface area contributed by atoms with Crippen LogP contribution >= 0.6 is 0 Å². The van der Waals surface area contributed by atoms with E-state index in [1.54, 1.807) is 6.92 Å². The molecule has 0 aliphatic carbocycles. The number of carbonyl (C=O) groups is 3. The Balaban J connectivity index is 2.46. The fourth-order valence-electron chi connectivity index (χ4n) is 1.84. The van der Waals surface area contributed by atoms with Crippen LogP contribution in [-0.4, -0.2) is 38.8 Å². The molecule has 2 heterocycles. The summed E-state index contributed by atoms with van der Waals surface area (Å²) in [4.78, 5) is 39.4. The van der Waals surface area contributed by atoms with Crippen molar-refractivity contribution in [3.05, 3.63) is 29.6 Å². The quantitative estimate of drug-likeness (QED) is 0.771. The highest BCUT2D eigenvalue weighted by Crippen LogP contribution is 2.23. The van der Waals surface area contributed by atoms with Gasteiger partial charge in [0.2, 0.25) is 0 Å². The number of nitrogens with zero attached hydrogens (tertiary/aromatic N) is 2. The predicted molar refractivity (Wildman–Crippen MR) is 56.5 cm³/mol. The lowest BCUT2D eigenvalue weighted by Gasteiger charge is -2.20. The van der Waals surface area contributed by atoms with Gasteiger partial charge in [-0.3, -0.25) is 19.5 Å². The molecule has 0 saturated carbocycles. The van der Waals surface area contributed by atoms with Gasteiger partial charge in [0.05, 0.1) is 5.56 Å². The molecule has 1 unspecified atom stereocenters. The third-order valence-corrected chi connectivity index (χ3v) is 2.66. The highest BCUT2D eigenvalue weighted by molar-refractivity contribution is 6.21. The zero-order valence-corrected chi connectivity index (χ0v) is 9.08. The Morgan fingerprint density at radius 2 is 2.18 bits per heavy atom. The lowest BCUT2D eigenvalue weighted by atomic mass is 10.2. The SMILES string of the molecule is CCC(C(=O)O)N1C(=O)c2cccnc2C1=O. The molecule has 1 aromatic rings. The first kappa shape index (κ1) is 11.3. The molecule has 0 aromatic carbocycles. The van der Waals surface area contributed by atoms with E-state index in [0.717, 1.165) is 4.90 Å². The molecule has 0 fully saturated rings. The van der Waals surface area contributed by atoms with Crippen molar-refractivity contribution < 1.29 is 19.5 Å². The lowest BCUT2D eigenvalue weighted by molar-refractivity contribution is -0.141. The number of imide groups is 1. The highest BCUT2D eigenvalue weighted by atomic mass is 16.4. The molecular formula is C11H10N2O4. The van der Waals surface area contributed by atoms with Gasteiger partial charge in [-0.2, -0.15) is 0 Å². The number of rotatable bonds is 3. The van der Waals surface area contributed by atoms with Crippen LogP contribution in [0.2, 0.25) is 0 Å². The minimum atomic E-state index is -1.19. The van der Waals surface area contributed by atoms with Crippen molar-refractivity contribution in [1.29, 1.82) is 0 Å². The number of hydrogen-bond acceptors (Lipinski definition) is 4. The molecule has 1 aliphatic rings. The smallest absolute Gasteiger partial charge is 0.326 e. The zero-order valence-electron chi connectivity index (χ0n) is 9.08. The first-order valence-electron chi connectivity index (χ1n) is 5.13. The predicted octanol–water partition coefficient (Wildman–Crippen LogP) is 0.541. The van der Waals surface area contributed by atoms with Crippen molar-refractivity contribution in [2.24, 2.45) is 0 Å². The van der Waals surface area contributed by atoms with Crippen LogP contribution in [0.25, 0.3) is 0 Å². The van der Waals surface area contributed by atoms with Crippen molar-refractivity contribution in [3.63, 3.8) is 0 Å². The highest BCUT2D eigenvalue weighted by Gasteiger charge is 2.42. The normalized spacial score (nSPS) is 15.9. The van der Waals surface area contributed by atoms with Gasteiger partial charge in [0.25, 0.3) is 11.8 Å².